The molecule has 86 valence electrons. The van der Waals surface area contributed by atoms with Gasteiger partial charge in [-0.15, -0.1) is 0 Å². The van der Waals surface area contributed by atoms with E-state index in [9.17, 15) is 0 Å². The zero-order valence-electron chi connectivity index (χ0n) is 7.06. The Morgan fingerprint density at radius 1 is 0.533 bits per heavy atom. The van der Waals surface area contributed by atoms with Crippen molar-refractivity contribution in [2.24, 2.45) is 0 Å². The summed E-state index contributed by atoms with van der Waals surface area (Å²) in [5, 5.41) is 41.8. The van der Waals surface area contributed by atoms with Crippen LogP contribution in [0, 0.1) is 71.2 Å². The van der Waals surface area contributed by atoms with Crippen LogP contribution in [0.25, 0.3) is 0 Å². The van der Waals surface area contributed by atoms with Crippen molar-refractivity contribution >= 4 is 18.5 Å². The molecule has 0 fully saturated rings. The van der Waals surface area contributed by atoms with Crippen molar-refractivity contribution in [2.75, 3.05) is 0 Å². The van der Waals surface area contributed by atoms with Crippen molar-refractivity contribution < 1.29 is 122 Å². The molecule has 0 aliphatic heterocycles. The fraction of sp³-hybridized carbons (Fsp3) is 0. The molecular formula is C3H8La2O10. The minimum atomic E-state index is -1.83. The zero-order valence-corrected chi connectivity index (χ0v) is 14.3. The molecule has 0 amide bonds. The van der Waals surface area contributed by atoms with Gasteiger partial charge >= 0.3 is 18.5 Å². The van der Waals surface area contributed by atoms with Crippen molar-refractivity contribution in [3.63, 3.8) is 0 Å². The van der Waals surface area contributed by atoms with Crippen LogP contribution >= 0.6 is 0 Å². The van der Waals surface area contributed by atoms with Gasteiger partial charge in [-0.25, -0.2) is 14.4 Å². The van der Waals surface area contributed by atoms with Crippen LogP contribution in [0.4, 0.5) is 14.4 Å². The Hall–Kier alpha value is 0.160. The van der Waals surface area contributed by atoms with E-state index >= 15 is 0 Å². The van der Waals surface area contributed by atoms with Crippen LogP contribution in [-0.2, 0) is 0 Å². The third-order valence-electron chi connectivity index (χ3n) is 0. The third kappa shape index (κ3) is 82200. The summed E-state index contributed by atoms with van der Waals surface area (Å²) >= 11 is 0. The van der Waals surface area contributed by atoms with E-state index in [1.54, 1.807) is 0 Å². The quantitative estimate of drug-likeness (QED) is 0.271. The zero-order chi connectivity index (χ0) is 10.7. The number of carboxylic acid groups (broad SMARTS) is 6. The van der Waals surface area contributed by atoms with Gasteiger partial charge in [0.1, 0.15) is 0 Å². The van der Waals surface area contributed by atoms with Gasteiger partial charge in [-0.2, -0.15) is 0 Å². The first-order valence-electron chi connectivity index (χ1n) is 1.95. The molecule has 2 radical (unpaired) electrons. The average Bonchev–Trinajstić information content (AvgIpc) is 1.54. The van der Waals surface area contributed by atoms with Gasteiger partial charge < -0.3 is 36.1 Å². The Kier molecular flexibility index (Phi) is 70.6. The van der Waals surface area contributed by atoms with E-state index < -0.39 is 18.5 Å². The van der Waals surface area contributed by atoms with E-state index in [0.717, 1.165) is 0 Å². The molecule has 0 heterocycles. The molecular weight excluding hydrogens is 474 g/mol. The van der Waals surface area contributed by atoms with E-state index in [4.69, 9.17) is 45.0 Å². The standard InChI is InChI=1S/3CH2O3.2La.H2O/c3*2-1(3)4;;;/h3*(H2,2,3,4);;;1H2. The third-order valence-corrected chi connectivity index (χ3v) is 0. The van der Waals surface area contributed by atoms with E-state index in [2.05, 4.69) is 0 Å². The molecule has 0 bridgehead atoms. The van der Waals surface area contributed by atoms with Gasteiger partial charge in [0.2, 0.25) is 0 Å². The minimum absolute atomic E-state index is 0. The molecule has 0 spiro atoms. The van der Waals surface area contributed by atoms with Gasteiger partial charge in [0, 0.05) is 71.2 Å². The monoisotopic (exact) mass is 482 g/mol. The molecule has 12 heteroatoms. The maximum Gasteiger partial charge on any atom is 0.503 e. The summed E-state index contributed by atoms with van der Waals surface area (Å²) in [6.07, 6.45) is -5.50. The predicted octanol–water partition coefficient (Wildman–Crippen LogP) is -0.157. The first-order valence-corrected chi connectivity index (χ1v) is 1.95. The second-order valence-corrected chi connectivity index (χ2v) is 0.848. The molecule has 0 unspecified atom stereocenters. The molecule has 0 saturated heterocycles. The fourth-order valence-electron chi connectivity index (χ4n) is 0. The summed E-state index contributed by atoms with van der Waals surface area (Å²) < 4.78 is 0. The summed E-state index contributed by atoms with van der Waals surface area (Å²) in [5.74, 6) is 0. The normalized spacial score (nSPS) is 4.80. The molecule has 15 heavy (non-hydrogen) atoms. The number of hydrogen-bond donors (Lipinski definition) is 6. The Bertz CT molecular complexity index is 116. The van der Waals surface area contributed by atoms with E-state index in [1.165, 1.54) is 0 Å². The molecule has 0 rings (SSSR count). The fourth-order valence-corrected chi connectivity index (χ4v) is 0. The van der Waals surface area contributed by atoms with Crippen LogP contribution in [0.5, 0.6) is 0 Å². The largest absolute Gasteiger partial charge is 0.503 e. The summed E-state index contributed by atoms with van der Waals surface area (Å²) in [7, 11) is 0. The van der Waals surface area contributed by atoms with Crippen LogP contribution in [0.1, 0.15) is 0 Å². The SMILES string of the molecule is O.O=C(O)O.O=C(O)O.O=C(O)O.[La].[La]. The van der Waals surface area contributed by atoms with Crippen molar-refractivity contribution in [1.82, 2.24) is 0 Å². The van der Waals surface area contributed by atoms with Gasteiger partial charge in [0.15, 0.2) is 0 Å². The van der Waals surface area contributed by atoms with E-state index in [-0.39, 0.29) is 76.7 Å². The predicted molar refractivity (Wildman–Crippen MR) is 35.6 cm³/mol. The maximum absolute atomic E-state index is 8.56. The minimum Gasteiger partial charge on any atom is -0.450 e. The Morgan fingerprint density at radius 2 is 0.533 bits per heavy atom. The van der Waals surface area contributed by atoms with Crippen molar-refractivity contribution in [1.29, 1.82) is 0 Å². The molecule has 10 nitrogen and oxygen atoms in total. The van der Waals surface area contributed by atoms with E-state index in [1.807, 2.05) is 0 Å². The van der Waals surface area contributed by atoms with Crippen LogP contribution in [-0.4, -0.2) is 54.6 Å². The number of carbonyl (C=O) groups is 3. The Labute approximate surface area is 138 Å². The van der Waals surface area contributed by atoms with Crippen molar-refractivity contribution in [3.8, 4) is 0 Å². The summed E-state index contributed by atoms with van der Waals surface area (Å²) in [6, 6.07) is 0. The second kappa shape index (κ2) is 29.2. The van der Waals surface area contributed by atoms with Crippen LogP contribution in [0.15, 0.2) is 0 Å². The molecule has 0 aliphatic carbocycles. The molecule has 0 saturated carbocycles. The molecule has 0 aliphatic rings. The van der Waals surface area contributed by atoms with Gasteiger partial charge in [-0.1, -0.05) is 0 Å². The van der Waals surface area contributed by atoms with Crippen LogP contribution < -0.4 is 0 Å². The summed E-state index contributed by atoms with van der Waals surface area (Å²) in [5.41, 5.74) is 0. The van der Waals surface area contributed by atoms with Crippen LogP contribution in [0.2, 0.25) is 0 Å². The van der Waals surface area contributed by atoms with Crippen molar-refractivity contribution in [2.45, 2.75) is 0 Å². The molecule has 0 aromatic rings. The first-order chi connectivity index (χ1) is 5.20. The summed E-state index contributed by atoms with van der Waals surface area (Å²) in [6.45, 7) is 0. The number of rotatable bonds is 0. The topological polar surface area (TPSA) is 204 Å². The van der Waals surface area contributed by atoms with Crippen molar-refractivity contribution in [3.05, 3.63) is 0 Å². The van der Waals surface area contributed by atoms with Gasteiger partial charge in [0.25, 0.3) is 0 Å². The average molecular weight is 482 g/mol. The Morgan fingerprint density at radius 3 is 0.533 bits per heavy atom. The molecule has 8 N–H and O–H groups in total. The maximum atomic E-state index is 8.56. The first kappa shape index (κ1) is 36.2. The second-order valence-electron chi connectivity index (χ2n) is 0.848. The molecule has 0 aromatic carbocycles. The molecule has 0 atom stereocenters. The van der Waals surface area contributed by atoms with Gasteiger partial charge in [-0.05, 0) is 0 Å². The van der Waals surface area contributed by atoms with Crippen LogP contribution in [0.3, 0.4) is 0 Å². The Balaban J connectivity index is -0.0000000184. The van der Waals surface area contributed by atoms with E-state index in [0.29, 0.717) is 0 Å². The number of hydrogen-bond acceptors (Lipinski definition) is 3. The van der Waals surface area contributed by atoms with Gasteiger partial charge in [0.05, 0.1) is 0 Å². The molecule has 0 aromatic heterocycles. The summed E-state index contributed by atoms with van der Waals surface area (Å²) in [4.78, 5) is 25.7. The van der Waals surface area contributed by atoms with Gasteiger partial charge in [-0.3, -0.25) is 0 Å². The smallest absolute Gasteiger partial charge is 0.450 e.